The maximum Gasteiger partial charge on any atom is 0.419 e. The molecule has 0 unspecified atom stereocenters. The molecule has 39 heavy (non-hydrogen) atoms. The molecule has 1 aliphatic heterocycles. The standard InChI is InChI=1S/C27H27F5N6O/c1-3-9-37-10-11-38(15-17(37)12-16-7-5-4-6-8-16)26-33-14-19-23(35-36(2)25(19)34-26)18-13-20(27(30,31)32)22(29)24(39)21(18)28/h4-8,13-14,17,39H,3,9-12,15H2,1-2H3/t17-/m0/s1. The van der Waals surface area contributed by atoms with Gasteiger partial charge >= 0.3 is 6.18 Å². The molecule has 3 heterocycles. The van der Waals surface area contributed by atoms with E-state index >= 15 is 0 Å². The van der Waals surface area contributed by atoms with Crippen molar-refractivity contribution >= 4 is 17.0 Å². The van der Waals surface area contributed by atoms with E-state index in [1.54, 1.807) is 0 Å². The second kappa shape index (κ2) is 10.4. The van der Waals surface area contributed by atoms with Crippen LogP contribution in [0.25, 0.3) is 22.3 Å². The van der Waals surface area contributed by atoms with Gasteiger partial charge in [-0.1, -0.05) is 37.3 Å². The van der Waals surface area contributed by atoms with Gasteiger partial charge in [-0.3, -0.25) is 4.90 Å². The number of phenols is 1. The van der Waals surface area contributed by atoms with Crippen LogP contribution in [-0.4, -0.2) is 62.0 Å². The lowest BCUT2D eigenvalue weighted by Gasteiger charge is -2.41. The lowest BCUT2D eigenvalue weighted by atomic mass is 10.0. The van der Waals surface area contributed by atoms with E-state index in [1.165, 1.54) is 23.5 Å². The molecule has 2 aromatic heterocycles. The number of phenolic OH excluding ortho intramolecular Hbond substituents is 1. The summed E-state index contributed by atoms with van der Waals surface area (Å²) in [4.78, 5) is 13.6. The van der Waals surface area contributed by atoms with Gasteiger partial charge < -0.3 is 10.0 Å². The molecule has 0 bridgehead atoms. The Labute approximate surface area is 221 Å². The molecule has 1 atom stereocenters. The molecule has 4 aromatic rings. The number of anilines is 1. The van der Waals surface area contributed by atoms with Crippen molar-refractivity contribution in [2.24, 2.45) is 7.05 Å². The third kappa shape index (κ3) is 5.12. The molecule has 12 heteroatoms. The predicted molar refractivity (Wildman–Crippen MR) is 136 cm³/mol. The number of piperazine rings is 1. The van der Waals surface area contributed by atoms with Gasteiger partial charge in [-0.2, -0.15) is 23.3 Å². The van der Waals surface area contributed by atoms with Gasteiger partial charge in [0.05, 0.1) is 10.9 Å². The average molecular weight is 547 g/mol. The van der Waals surface area contributed by atoms with E-state index in [2.05, 4.69) is 43.9 Å². The van der Waals surface area contributed by atoms with Crippen molar-refractivity contribution in [2.45, 2.75) is 32.0 Å². The molecule has 0 aliphatic carbocycles. The first-order chi connectivity index (χ1) is 18.6. The fraction of sp³-hybridized carbons (Fsp3) is 0.370. The highest BCUT2D eigenvalue weighted by Crippen LogP contribution is 2.41. The van der Waals surface area contributed by atoms with Crippen molar-refractivity contribution in [3.63, 3.8) is 0 Å². The second-order valence-electron chi connectivity index (χ2n) is 9.65. The van der Waals surface area contributed by atoms with Crippen LogP contribution in [0.2, 0.25) is 0 Å². The van der Waals surface area contributed by atoms with Crippen LogP contribution in [0.15, 0.2) is 42.6 Å². The fourth-order valence-electron chi connectivity index (χ4n) is 5.12. The van der Waals surface area contributed by atoms with Gasteiger partial charge in [-0.25, -0.2) is 18.4 Å². The van der Waals surface area contributed by atoms with Gasteiger partial charge in [0.1, 0.15) is 5.69 Å². The Balaban J connectivity index is 1.49. The van der Waals surface area contributed by atoms with E-state index in [-0.39, 0.29) is 22.8 Å². The van der Waals surface area contributed by atoms with Gasteiger partial charge in [0.25, 0.3) is 0 Å². The number of benzene rings is 2. The van der Waals surface area contributed by atoms with Crippen LogP contribution in [0, 0.1) is 11.6 Å². The lowest BCUT2D eigenvalue weighted by molar-refractivity contribution is -0.140. The summed E-state index contributed by atoms with van der Waals surface area (Å²) in [6.45, 7) is 5.26. The molecular formula is C27H27F5N6O. The highest BCUT2D eigenvalue weighted by atomic mass is 19.4. The Morgan fingerprint density at radius 1 is 1.08 bits per heavy atom. The Kier molecular flexibility index (Phi) is 7.15. The molecule has 0 radical (unpaired) electrons. The van der Waals surface area contributed by atoms with E-state index in [4.69, 9.17) is 0 Å². The number of fused-ring (bicyclic) bond motifs is 1. The number of aryl methyl sites for hydroxylation is 1. The predicted octanol–water partition coefficient (Wildman–Crippen LogP) is 5.18. The summed E-state index contributed by atoms with van der Waals surface area (Å²) >= 11 is 0. The zero-order chi connectivity index (χ0) is 27.9. The summed E-state index contributed by atoms with van der Waals surface area (Å²) in [5.74, 6) is -4.91. The number of alkyl halides is 3. The zero-order valence-corrected chi connectivity index (χ0v) is 21.4. The van der Waals surface area contributed by atoms with E-state index in [1.807, 2.05) is 18.2 Å². The number of nitrogens with zero attached hydrogens (tertiary/aromatic N) is 6. The van der Waals surface area contributed by atoms with Crippen LogP contribution >= 0.6 is 0 Å². The van der Waals surface area contributed by atoms with Crippen LogP contribution in [0.4, 0.5) is 27.9 Å². The molecule has 2 aromatic carbocycles. The quantitative estimate of drug-likeness (QED) is 0.337. The third-order valence-corrected chi connectivity index (χ3v) is 7.02. The SMILES string of the molecule is CCCN1CCN(c2ncc3c(-c4cc(C(F)(F)F)c(F)c(O)c4F)nn(C)c3n2)C[C@@H]1Cc1ccccc1. The van der Waals surface area contributed by atoms with Crippen molar-refractivity contribution in [1.29, 1.82) is 0 Å². The summed E-state index contributed by atoms with van der Waals surface area (Å²) in [5.41, 5.74) is -1.23. The Morgan fingerprint density at radius 3 is 2.51 bits per heavy atom. The number of hydrogen-bond acceptors (Lipinski definition) is 6. The zero-order valence-electron chi connectivity index (χ0n) is 21.4. The topological polar surface area (TPSA) is 70.3 Å². The molecule has 5 rings (SSSR count). The summed E-state index contributed by atoms with van der Waals surface area (Å²) < 4.78 is 70.1. The van der Waals surface area contributed by atoms with E-state index in [0.717, 1.165) is 25.9 Å². The summed E-state index contributed by atoms with van der Waals surface area (Å²) in [7, 11) is 1.52. The summed E-state index contributed by atoms with van der Waals surface area (Å²) in [6.07, 6.45) is -1.90. The maximum atomic E-state index is 14.8. The highest BCUT2D eigenvalue weighted by molar-refractivity contribution is 5.91. The number of halogens is 5. The molecule has 1 fully saturated rings. The molecule has 206 valence electrons. The third-order valence-electron chi connectivity index (χ3n) is 7.02. The molecule has 1 aliphatic rings. The minimum absolute atomic E-state index is 0.171. The van der Waals surface area contributed by atoms with E-state index < -0.39 is 34.7 Å². The second-order valence-corrected chi connectivity index (χ2v) is 9.65. The van der Waals surface area contributed by atoms with Crippen molar-refractivity contribution < 1.29 is 27.1 Å². The summed E-state index contributed by atoms with van der Waals surface area (Å²) in [5, 5.41) is 14.1. The number of aromatic hydroxyl groups is 1. The average Bonchev–Trinajstić information content (AvgIpc) is 3.24. The van der Waals surface area contributed by atoms with Crippen molar-refractivity contribution in [2.75, 3.05) is 31.1 Å². The van der Waals surface area contributed by atoms with Crippen LogP contribution in [-0.2, 0) is 19.6 Å². The van der Waals surface area contributed by atoms with Gasteiger partial charge in [0.2, 0.25) is 5.95 Å². The lowest BCUT2D eigenvalue weighted by Crippen LogP contribution is -2.54. The Morgan fingerprint density at radius 2 is 1.82 bits per heavy atom. The number of aromatic nitrogens is 4. The van der Waals surface area contributed by atoms with Gasteiger partial charge in [-0.05, 0) is 31.0 Å². The summed E-state index contributed by atoms with van der Waals surface area (Å²) in [6, 6.07) is 10.7. The monoisotopic (exact) mass is 546 g/mol. The number of hydrogen-bond donors (Lipinski definition) is 1. The minimum atomic E-state index is -5.14. The molecule has 1 saturated heterocycles. The fourth-order valence-corrected chi connectivity index (χ4v) is 5.12. The molecule has 7 nitrogen and oxygen atoms in total. The molecule has 1 N–H and O–H groups in total. The first kappa shape index (κ1) is 26.8. The van der Waals surface area contributed by atoms with Gasteiger partial charge in [0, 0.05) is 44.5 Å². The normalized spacial score (nSPS) is 16.8. The molecule has 0 saturated carbocycles. The smallest absolute Gasteiger partial charge is 0.419 e. The van der Waals surface area contributed by atoms with Crippen LogP contribution in [0.1, 0.15) is 24.5 Å². The van der Waals surface area contributed by atoms with Gasteiger partial charge in [-0.15, -0.1) is 0 Å². The first-order valence-corrected chi connectivity index (χ1v) is 12.6. The minimum Gasteiger partial charge on any atom is -0.503 e. The van der Waals surface area contributed by atoms with Crippen LogP contribution in [0.3, 0.4) is 0 Å². The van der Waals surface area contributed by atoms with Crippen LogP contribution < -0.4 is 4.90 Å². The molecular weight excluding hydrogens is 519 g/mol. The van der Waals surface area contributed by atoms with Crippen LogP contribution in [0.5, 0.6) is 5.75 Å². The van der Waals surface area contributed by atoms with Crippen molar-refractivity contribution in [3.05, 3.63) is 65.4 Å². The number of rotatable bonds is 6. The first-order valence-electron chi connectivity index (χ1n) is 12.6. The van der Waals surface area contributed by atoms with Gasteiger partial charge in [0.15, 0.2) is 23.0 Å². The molecule has 0 spiro atoms. The largest absolute Gasteiger partial charge is 0.503 e. The van der Waals surface area contributed by atoms with Crippen molar-refractivity contribution in [1.82, 2.24) is 24.6 Å². The highest BCUT2D eigenvalue weighted by Gasteiger charge is 2.38. The van der Waals surface area contributed by atoms with E-state index in [0.29, 0.717) is 25.1 Å². The van der Waals surface area contributed by atoms with E-state index in [9.17, 15) is 27.1 Å². The molecule has 0 amide bonds. The Bertz CT molecular complexity index is 1490. The van der Waals surface area contributed by atoms with Crippen molar-refractivity contribution in [3.8, 4) is 17.0 Å². The Hall–Kier alpha value is -3.80. The maximum absolute atomic E-state index is 14.8.